The summed E-state index contributed by atoms with van der Waals surface area (Å²) in [6, 6.07) is 7.23. The molecule has 1 aromatic rings. The topological polar surface area (TPSA) is 84.6 Å². The minimum Gasteiger partial charge on any atom is -0.488 e. The second-order valence-electron chi connectivity index (χ2n) is 6.57. The van der Waals surface area contributed by atoms with Crippen molar-refractivity contribution in [1.82, 2.24) is 0 Å². The first-order chi connectivity index (χ1) is 10.4. The molecule has 5 heteroatoms. The van der Waals surface area contributed by atoms with Crippen molar-refractivity contribution in [3.05, 3.63) is 24.3 Å². The van der Waals surface area contributed by atoms with Gasteiger partial charge in [-0.15, -0.1) is 0 Å². The van der Waals surface area contributed by atoms with Crippen molar-refractivity contribution in [2.75, 3.05) is 11.9 Å². The Kier molecular flexibility index (Phi) is 5.42. The second-order valence-corrected chi connectivity index (χ2v) is 6.57. The van der Waals surface area contributed by atoms with Gasteiger partial charge in [-0.3, -0.25) is 4.79 Å². The predicted octanol–water partition coefficient (Wildman–Crippen LogP) is 2.29. The highest BCUT2D eigenvalue weighted by Crippen LogP contribution is 2.25. The van der Waals surface area contributed by atoms with E-state index in [1.54, 1.807) is 12.1 Å². The third-order valence-corrected chi connectivity index (χ3v) is 4.19. The molecule has 1 saturated carbocycles. The molecule has 0 aromatic heterocycles. The number of benzene rings is 1. The molecule has 0 bridgehead atoms. The SMILES string of the molecule is CC(C)(CN)C(=O)Nc1ccc(OC2CCCCC2O)cc1. The molecule has 1 fully saturated rings. The van der Waals surface area contributed by atoms with Crippen LogP contribution in [0.3, 0.4) is 0 Å². The van der Waals surface area contributed by atoms with E-state index in [4.69, 9.17) is 10.5 Å². The van der Waals surface area contributed by atoms with Gasteiger partial charge in [-0.2, -0.15) is 0 Å². The number of carbonyl (C=O) groups is 1. The van der Waals surface area contributed by atoms with Crippen LogP contribution in [0.25, 0.3) is 0 Å². The molecule has 1 aromatic carbocycles. The molecule has 5 nitrogen and oxygen atoms in total. The number of hydrogen-bond donors (Lipinski definition) is 3. The molecule has 2 rings (SSSR count). The van der Waals surface area contributed by atoms with Crippen LogP contribution in [0.5, 0.6) is 5.75 Å². The fourth-order valence-electron chi connectivity index (χ4n) is 2.40. The Hall–Kier alpha value is -1.59. The third-order valence-electron chi connectivity index (χ3n) is 4.19. The smallest absolute Gasteiger partial charge is 0.231 e. The summed E-state index contributed by atoms with van der Waals surface area (Å²) >= 11 is 0. The van der Waals surface area contributed by atoms with E-state index in [0.29, 0.717) is 18.0 Å². The standard InChI is InChI=1S/C17H26N2O3/c1-17(2,11-18)16(21)19-12-7-9-13(10-8-12)22-15-6-4-3-5-14(15)20/h7-10,14-15,20H,3-6,11,18H2,1-2H3,(H,19,21). The molecular formula is C17H26N2O3. The van der Waals surface area contributed by atoms with Crippen LogP contribution in [-0.4, -0.2) is 29.8 Å². The van der Waals surface area contributed by atoms with Crippen LogP contribution in [0.2, 0.25) is 0 Å². The summed E-state index contributed by atoms with van der Waals surface area (Å²) in [4.78, 5) is 12.1. The minimum absolute atomic E-state index is 0.105. The summed E-state index contributed by atoms with van der Waals surface area (Å²) in [5, 5.41) is 12.8. The number of anilines is 1. The molecule has 0 saturated heterocycles. The highest BCUT2D eigenvalue weighted by Gasteiger charge is 2.26. The van der Waals surface area contributed by atoms with Crippen molar-refractivity contribution in [2.45, 2.75) is 51.7 Å². The normalized spacial score (nSPS) is 22.2. The number of carbonyl (C=O) groups excluding carboxylic acids is 1. The van der Waals surface area contributed by atoms with Crippen LogP contribution in [0.4, 0.5) is 5.69 Å². The van der Waals surface area contributed by atoms with Crippen LogP contribution in [0.15, 0.2) is 24.3 Å². The fraction of sp³-hybridized carbons (Fsp3) is 0.588. The number of rotatable bonds is 5. The van der Waals surface area contributed by atoms with Gasteiger partial charge in [0.05, 0.1) is 11.5 Å². The van der Waals surface area contributed by atoms with E-state index < -0.39 is 11.5 Å². The number of aliphatic hydroxyl groups excluding tert-OH is 1. The van der Waals surface area contributed by atoms with Crippen LogP contribution < -0.4 is 15.8 Å². The average molecular weight is 306 g/mol. The first-order valence-electron chi connectivity index (χ1n) is 7.89. The van der Waals surface area contributed by atoms with E-state index in [9.17, 15) is 9.90 Å². The first-order valence-corrected chi connectivity index (χ1v) is 7.89. The summed E-state index contributed by atoms with van der Waals surface area (Å²) in [5.74, 6) is 0.605. The highest BCUT2D eigenvalue weighted by atomic mass is 16.5. The average Bonchev–Trinajstić information content (AvgIpc) is 2.51. The maximum Gasteiger partial charge on any atom is 0.231 e. The van der Waals surface area contributed by atoms with E-state index >= 15 is 0 Å². The molecule has 2 unspecified atom stereocenters. The van der Waals surface area contributed by atoms with Gasteiger partial charge in [0.1, 0.15) is 11.9 Å². The molecule has 0 spiro atoms. The zero-order valence-electron chi connectivity index (χ0n) is 13.3. The van der Waals surface area contributed by atoms with E-state index in [-0.39, 0.29) is 12.0 Å². The van der Waals surface area contributed by atoms with Crippen molar-refractivity contribution >= 4 is 11.6 Å². The number of nitrogens with one attached hydrogen (secondary N) is 1. The van der Waals surface area contributed by atoms with E-state index in [1.807, 2.05) is 26.0 Å². The van der Waals surface area contributed by atoms with Gasteiger partial charge in [0, 0.05) is 12.2 Å². The number of amides is 1. The highest BCUT2D eigenvalue weighted by molar-refractivity contribution is 5.95. The minimum atomic E-state index is -0.596. The lowest BCUT2D eigenvalue weighted by Crippen LogP contribution is -2.37. The number of ether oxygens (including phenoxy) is 1. The number of hydrogen-bond acceptors (Lipinski definition) is 4. The third kappa shape index (κ3) is 4.21. The largest absolute Gasteiger partial charge is 0.488 e. The Labute approximate surface area is 131 Å². The van der Waals surface area contributed by atoms with Crippen molar-refractivity contribution in [1.29, 1.82) is 0 Å². The molecule has 1 aliphatic carbocycles. The molecule has 0 radical (unpaired) electrons. The van der Waals surface area contributed by atoms with Gasteiger partial charge in [0.15, 0.2) is 0 Å². The molecule has 122 valence electrons. The Bertz CT molecular complexity index is 499. The van der Waals surface area contributed by atoms with Gasteiger partial charge in [-0.25, -0.2) is 0 Å². The lowest BCUT2D eigenvalue weighted by molar-refractivity contribution is -0.123. The van der Waals surface area contributed by atoms with E-state index in [0.717, 1.165) is 25.7 Å². The maximum atomic E-state index is 12.1. The fourth-order valence-corrected chi connectivity index (χ4v) is 2.40. The Morgan fingerprint density at radius 1 is 1.32 bits per heavy atom. The summed E-state index contributed by atoms with van der Waals surface area (Å²) < 4.78 is 5.83. The molecular weight excluding hydrogens is 280 g/mol. The first kappa shape index (κ1) is 16.8. The van der Waals surface area contributed by atoms with Crippen LogP contribution >= 0.6 is 0 Å². The summed E-state index contributed by atoms with van der Waals surface area (Å²) in [6.45, 7) is 3.91. The van der Waals surface area contributed by atoms with Gasteiger partial charge < -0.3 is 20.9 Å². The van der Waals surface area contributed by atoms with E-state index in [2.05, 4.69) is 5.32 Å². The summed E-state index contributed by atoms with van der Waals surface area (Å²) in [6.07, 6.45) is 3.30. The lowest BCUT2D eigenvalue weighted by atomic mass is 9.92. The second kappa shape index (κ2) is 7.11. The predicted molar refractivity (Wildman–Crippen MR) is 86.8 cm³/mol. The van der Waals surface area contributed by atoms with Crippen LogP contribution in [0, 0.1) is 5.41 Å². The molecule has 22 heavy (non-hydrogen) atoms. The van der Waals surface area contributed by atoms with Crippen molar-refractivity contribution in [3.63, 3.8) is 0 Å². The monoisotopic (exact) mass is 306 g/mol. The zero-order chi connectivity index (χ0) is 16.2. The Balaban J connectivity index is 1.94. The van der Waals surface area contributed by atoms with Crippen molar-refractivity contribution in [3.8, 4) is 5.75 Å². The van der Waals surface area contributed by atoms with Crippen LogP contribution in [-0.2, 0) is 4.79 Å². The molecule has 1 amide bonds. The van der Waals surface area contributed by atoms with Gasteiger partial charge in [-0.05, 0) is 57.4 Å². The van der Waals surface area contributed by atoms with Crippen molar-refractivity contribution in [2.24, 2.45) is 11.1 Å². The summed E-state index contributed by atoms with van der Waals surface area (Å²) in [5.41, 5.74) is 5.71. The van der Waals surface area contributed by atoms with Crippen LogP contribution in [0.1, 0.15) is 39.5 Å². The Morgan fingerprint density at radius 3 is 2.55 bits per heavy atom. The van der Waals surface area contributed by atoms with Gasteiger partial charge in [-0.1, -0.05) is 6.42 Å². The zero-order valence-corrected chi connectivity index (χ0v) is 13.3. The molecule has 4 N–H and O–H groups in total. The van der Waals surface area contributed by atoms with Gasteiger partial charge in [0.25, 0.3) is 0 Å². The molecule has 1 aliphatic rings. The van der Waals surface area contributed by atoms with E-state index in [1.165, 1.54) is 0 Å². The van der Waals surface area contributed by atoms with Gasteiger partial charge >= 0.3 is 0 Å². The summed E-state index contributed by atoms with van der Waals surface area (Å²) in [7, 11) is 0. The Morgan fingerprint density at radius 2 is 1.95 bits per heavy atom. The maximum absolute atomic E-state index is 12.1. The number of aliphatic hydroxyl groups is 1. The molecule has 0 aliphatic heterocycles. The molecule has 0 heterocycles. The number of nitrogens with two attached hydrogens (primary N) is 1. The molecule has 2 atom stereocenters. The lowest BCUT2D eigenvalue weighted by Gasteiger charge is -2.28. The van der Waals surface area contributed by atoms with Gasteiger partial charge in [0.2, 0.25) is 5.91 Å². The van der Waals surface area contributed by atoms with Crippen molar-refractivity contribution < 1.29 is 14.6 Å². The quantitative estimate of drug-likeness (QED) is 0.779.